The zero-order chi connectivity index (χ0) is 14.6. The number of hydrogen-bond acceptors (Lipinski definition) is 2. The van der Waals surface area contributed by atoms with Crippen LogP contribution in [-0.2, 0) is 0 Å². The Bertz CT molecular complexity index is 389. The molecule has 0 heterocycles. The quantitative estimate of drug-likeness (QED) is 0.821. The van der Waals surface area contributed by atoms with Gasteiger partial charge in [-0.15, -0.1) is 0 Å². The molecule has 19 heavy (non-hydrogen) atoms. The van der Waals surface area contributed by atoms with Gasteiger partial charge >= 0.3 is 0 Å². The SMILES string of the molecule is Cc1cc(C)c(C(C)NCC(O)CC(C)C)c(C)c1. The normalized spacial score (nSPS) is 14.7. The Kier molecular flexibility index (Phi) is 6.02. The first-order valence-electron chi connectivity index (χ1n) is 7.30. The summed E-state index contributed by atoms with van der Waals surface area (Å²) in [5, 5.41) is 13.4. The van der Waals surface area contributed by atoms with Gasteiger partial charge in [-0.3, -0.25) is 0 Å². The number of aryl methyl sites for hydroxylation is 3. The number of nitrogens with one attached hydrogen (secondary N) is 1. The molecule has 0 saturated carbocycles. The Morgan fingerprint density at radius 1 is 1.05 bits per heavy atom. The van der Waals surface area contributed by atoms with Gasteiger partial charge in [0.2, 0.25) is 0 Å². The van der Waals surface area contributed by atoms with Crippen LogP contribution in [0.25, 0.3) is 0 Å². The summed E-state index contributed by atoms with van der Waals surface area (Å²) in [7, 11) is 0. The van der Waals surface area contributed by atoms with Crippen molar-refractivity contribution in [1.82, 2.24) is 5.32 Å². The van der Waals surface area contributed by atoms with Gasteiger partial charge in [0, 0.05) is 12.6 Å². The van der Waals surface area contributed by atoms with E-state index in [2.05, 4.69) is 59.0 Å². The number of rotatable bonds is 6. The first-order valence-corrected chi connectivity index (χ1v) is 7.30. The molecule has 0 bridgehead atoms. The number of aliphatic hydroxyl groups excluding tert-OH is 1. The Morgan fingerprint density at radius 3 is 2.05 bits per heavy atom. The van der Waals surface area contributed by atoms with Crippen LogP contribution >= 0.6 is 0 Å². The summed E-state index contributed by atoms with van der Waals surface area (Å²) in [5.41, 5.74) is 5.33. The van der Waals surface area contributed by atoms with E-state index in [1.807, 2.05) is 0 Å². The lowest BCUT2D eigenvalue weighted by atomic mass is 9.94. The maximum Gasteiger partial charge on any atom is 0.0667 e. The average molecular weight is 263 g/mol. The van der Waals surface area contributed by atoms with Crippen LogP contribution in [-0.4, -0.2) is 17.8 Å². The lowest BCUT2D eigenvalue weighted by Gasteiger charge is -2.22. The van der Waals surface area contributed by atoms with Crippen molar-refractivity contribution in [3.05, 3.63) is 34.4 Å². The van der Waals surface area contributed by atoms with E-state index in [0.717, 1.165) is 6.42 Å². The summed E-state index contributed by atoms with van der Waals surface area (Å²) in [4.78, 5) is 0. The van der Waals surface area contributed by atoms with Crippen LogP contribution in [0.2, 0.25) is 0 Å². The Labute approximate surface area is 118 Å². The minimum Gasteiger partial charge on any atom is -0.392 e. The van der Waals surface area contributed by atoms with Gasteiger partial charge in [-0.1, -0.05) is 31.5 Å². The molecule has 0 aliphatic carbocycles. The predicted octanol–water partition coefficient (Wildman–Crippen LogP) is 3.67. The van der Waals surface area contributed by atoms with Crippen LogP contribution in [0.4, 0.5) is 0 Å². The van der Waals surface area contributed by atoms with Gasteiger partial charge in [0.15, 0.2) is 0 Å². The molecule has 108 valence electrons. The van der Waals surface area contributed by atoms with Gasteiger partial charge in [0.1, 0.15) is 0 Å². The largest absolute Gasteiger partial charge is 0.392 e. The highest BCUT2D eigenvalue weighted by molar-refractivity contribution is 5.39. The average Bonchev–Trinajstić information content (AvgIpc) is 2.23. The zero-order valence-corrected chi connectivity index (χ0v) is 13.2. The van der Waals surface area contributed by atoms with E-state index in [4.69, 9.17) is 0 Å². The highest BCUT2D eigenvalue weighted by Crippen LogP contribution is 2.23. The van der Waals surface area contributed by atoms with Crippen LogP contribution in [0.5, 0.6) is 0 Å². The molecule has 0 amide bonds. The molecular weight excluding hydrogens is 234 g/mol. The lowest BCUT2D eigenvalue weighted by molar-refractivity contribution is 0.143. The van der Waals surface area contributed by atoms with E-state index in [1.54, 1.807) is 0 Å². The van der Waals surface area contributed by atoms with E-state index >= 15 is 0 Å². The summed E-state index contributed by atoms with van der Waals surface area (Å²) >= 11 is 0. The Balaban J connectivity index is 2.66. The molecule has 2 heteroatoms. The molecular formula is C17H29NO. The topological polar surface area (TPSA) is 32.3 Å². The van der Waals surface area contributed by atoms with Crippen molar-refractivity contribution in [2.45, 2.75) is 60.1 Å². The van der Waals surface area contributed by atoms with Crippen molar-refractivity contribution in [1.29, 1.82) is 0 Å². The van der Waals surface area contributed by atoms with Crippen LogP contribution in [0.1, 0.15) is 55.5 Å². The van der Waals surface area contributed by atoms with E-state index in [-0.39, 0.29) is 12.1 Å². The fourth-order valence-corrected chi connectivity index (χ4v) is 2.92. The molecule has 2 nitrogen and oxygen atoms in total. The first kappa shape index (κ1) is 16.2. The second-order valence-corrected chi connectivity index (χ2v) is 6.23. The number of hydrogen-bond donors (Lipinski definition) is 2. The van der Waals surface area contributed by atoms with Gasteiger partial charge in [0.05, 0.1) is 6.10 Å². The molecule has 0 saturated heterocycles. The van der Waals surface area contributed by atoms with Crippen molar-refractivity contribution in [3.63, 3.8) is 0 Å². The highest BCUT2D eigenvalue weighted by Gasteiger charge is 2.14. The molecule has 0 spiro atoms. The molecule has 0 aliphatic heterocycles. The molecule has 1 aromatic rings. The monoisotopic (exact) mass is 263 g/mol. The highest BCUT2D eigenvalue weighted by atomic mass is 16.3. The van der Waals surface area contributed by atoms with E-state index in [9.17, 15) is 5.11 Å². The molecule has 2 unspecified atom stereocenters. The van der Waals surface area contributed by atoms with Crippen LogP contribution in [0.3, 0.4) is 0 Å². The third-order valence-electron chi connectivity index (χ3n) is 3.57. The van der Waals surface area contributed by atoms with Gasteiger partial charge in [0.25, 0.3) is 0 Å². The third kappa shape index (κ3) is 4.96. The first-order chi connectivity index (χ1) is 8.81. The molecule has 1 rings (SSSR count). The van der Waals surface area contributed by atoms with Crippen molar-refractivity contribution < 1.29 is 5.11 Å². The van der Waals surface area contributed by atoms with Crippen molar-refractivity contribution in [3.8, 4) is 0 Å². The van der Waals surface area contributed by atoms with Crippen LogP contribution in [0.15, 0.2) is 12.1 Å². The van der Waals surface area contributed by atoms with E-state index in [1.165, 1.54) is 22.3 Å². The number of aliphatic hydroxyl groups is 1. The smallest absolute Gasteiger partial charge is 0.0667 e. The maximum absolute atomic E-state index is 9.94. The van der Waals surface area contributed by atoms with Crippen molar-refractivity contribution >= 4 is 0 Å². The van der Waals surface area contributed by atoms with Gasteiger partial charge in [-0.2, -0.15) is 0 Å². The lowest BCUT2D eigenvalue weighted by Crippen LogP contribution is -2.30. The van der Waals surface area contributed by atoms with Gasteiger partial charge in [-0.05, 0) is 56.7 Å². The van der Waals surface area contributed by atoms with Crippen molar-refractivity contribution in [2.24, 2.45) is 5.92 Å². The van der Waals surface area contributed by atoms with Crippen LogP contribution in [0, 0.1) is 26.7 Å². The molecule has 0 aliphatic rings. The minimum atomic E-state index is -0.256. The molecule has 2 atom stereocenters. The molecule has 0 aromatic heterocycles. The second-order valence-electron chi connectivity index (χ2n) is 6.23. The summed E-state index contributed by atoms with van der Waals surface area (Å²) in [5.74, 6) is 0.537. The summed E-state index contributed by atoms with van der Waals surface area (Å²) < 4.78 is 0. The third-order valence-corrected chi connectivity index (χ3v) is 3.57. The molecule has 2 N–H and O–H groups in total. The summed E-state index contributed by atoms with van der Waals surface area (Å²) in [6, 6.07) is 4.73. The minimum absolute atomic E-state index is 0.256. The molecule has 1 aromatic carbocycles. The van der Waals surface area contributed by atoms with Crippen LogP contribution < -0.4 is 5.32 Å². The van der Waals surface area contributed by atoms with Crippen molar-refractivity contribution in [2.75, 3.05) is 6.54 Å². The fourth-order valence-electron chi connectivity index (χ4n) is 2.92. The standard InChI is InChI=1S/C17H29NO/c1-11(2)7-16(19)10-18-15(6)17-13(4)8-12(3)9-14(17)5/h8-9,11,15-16,18-19H,7,10H2,1-6H3. The maximum atomic E-state index is 9.94. The second kappa shape index (κ2) is 7.06. The zero-order valence-electron chi connectivity index (χ0n) is 13.2. The predicted molar refractivity (Wildman–Crippen MR) is 82.5 cm³/mol. The molecule has 0 fully saturated rings. The summed E-state index contributed by atoms with van der Waals surface area (Å²) in [6.07, 6.45) is 0.597. The van der Waals surface area contributed by atoms with Gasteiger partial charge < -0.3 is 10.4 Å². The fraction of sp³-hybridized carbons (Fsp3) is 0.647. The van der Waals surface area contributed by atoms with Gasteiger partial charge in [-0.25, -0.2) is 0 Å². The Hall–Kier alpha value is -0.860. The number of benzene rings is 1. The summed E-state index contributed by atoms with van der Waals surface area (Å²) in [6.45, 7) is 13.6. The molecule has 0 radical (unpaired) electrons. The Morgan fingerprint density at radius 2 is 1.58 bits per heavy atom. The van der Waals surface area contributed by atoms with E-state index < -0.39 is 0 Å². The van der Waals surface area contributed by atoms with E-state index in [0.29, 0.717) is 12.5 Å².